The van der Waals surface area contributed by atoms with E-state index in [0.29, 0.717) is 25.5 Å². The fraction of sp³-hybridized carbons (Fsp3) is 0.533. The molecule has 1 aromatic carbocycles. The van der Waals surface area contributed by atoms with Gasteiger partial charge in [0.1, 0.15) is 11.8 Å². The SMILES string of the molecule is CC(C)C[C@@H](NCc1cc(Br)cc2c1OCC2)C(=O)O. The van der Waals surface area contributed by atoms with Crippen molar-refractivity contribution in [3.63, 3.8) is 0 Å². The molecule has 0 aromatic heterocycles. The van der Waals surface area contributed by atoms with E-state index in [9.17, 15) is 9.90 Å². The minimum absolute atomic E-state index is 0.341. The highest BCUT2D eigenvalue weighted by molar-refractivity contribution is 9.10. The van der Waals surface area contributed by atoms with Gasteiger partial charge in [-0.3, -0.25) is 4.79 Å². The first-order valence-electron chi connectivity index (χ1n) is 6.87. The van der Waals surface area contributed by atoms with Gasteiger partial charge in [0.25, 0.3) is 0 Å². The summed E-state index contributed by atoms with van der Waals surface area (Å²) in [6.45, 7) is 5.26. The molecule has 20 heavy (non-hydrogen) atoms. The van der Waals surface area contributed by atoms with E-state index in [1.54, 1.807) is 0 Å². The lowest BCUT2D eigenvalue weighted by molar-refractivity contribution is -0.140. The van der Waals surface area contributed by atoms with Crippen molar-refractivity contribution in [1.82, 2.24) is 5.32 Å². The molecule has 0 unspecified atom stereocenters. The largest absolute Gasteiger partial charge is 0.493 e. The van der Waals surface area contributed by atoms with E-state index in [-0.39, 0.29) is 0 Å². The van der Waals surface area contributed by atoms with Crippen molar-refractivity contribution in [3.05, 3.63) is 27.7 Å². The second kappa shape index (κ2) is 6.59. The maximum absolute atomic E-state index is 11.3. The maximum atomic E-state index is 11.3. The normalized spacial score (nSPS) is 15.0. The summed E-state index contributed by atoms with van der Waals surface area (Å²) in [6.07, 6.45) is 1.53. The smallest absolute Gasteiger partial charge is 0.320 e. The van der Waals surface area contributed by atoms with Crippen molar-refractivity contribution in [3.8, 4) is 5.75 Å². The molecule has 2 N–H and O–H groups in total. The van der Waals surface area contributed by atoms with Crippen molar-refractivity contribution in [1.29, 1.82) is 0 Å². The fourth-order valence-corrected chi connectivity index (χ4v) is 3.01. The first kappa shape index (κ1) is 15.3. The number of rotatable bonds is 6. The number of ether oxygens (including phenoxy) is 1. The highest BCUT2D eigenvalue weighted by Crippen LogP contribution is 2.33. The number of carbonyl (C=O) groups is 1. The molecule has 1 aromatic rings. The predicted octanol–water partition coefficient (Wildman–Crippen LogP) is 2.97. The summed E-state index contributed by atoms with van der Waals surface area (Å²) in [6, 6.07) is 3.53. The van der Waals surface area contributed by atoms with Crippen LogP contribution in [0.4, 0.5) is 0 Å². The zero-order chi connectivity index (χ0) is 14.7. The van der Waals surface area contributed by atoms with E-state index in [1.807, 2.05) is 19.9 Å². The summed E-state index contributed by atoms with van der Waals surface area (Å²) in [4.78, 5) is 11.3. The van der Waals surface area contributed by atoms with Crippen LogP contribution in [0.3, 0.4) is 0 Å². The molecule has 1 aliphatic heterocycles. The minimum Gasteiger partial charge on any atom is -0.493 e. The molecule has 5 heteroatoms. The van der Waals surface area contributed by atoms with Gasteiger partial charge in [-0.15, -0.1) is 0 Å². The molecular weight excluding hydrogens is 322 g/mol. The number of carboxylic acids is 1. The molecule has 0 bridgehead atoms. The quantitative estimate of drug-likeness (QED) is 0.835. The molecule has 0 saturated heterocycles. The molecule has 1 aliphatic rings. The molecule has 0 aliphatic carbocycles. The van der Waals surface area contributed by atoms with Gasteiger partial charge in [0.05, 0.1) is 6.61 Å². The molecule has 1 atom stereocenters. The van der Waals surface area contributed by atoms with Gasteiger partial charge in [-0.2, -0.15) is 0 Å². The second-order valence-corrected chi connectivity index (χ2v) is 6.47. The van der Waals surface area contributed by atoms with Gasteiger partial charge >= 0.3 is 5.97 Å². The lowest BCUT2D eigenvalue weighted by atomic mass is 10.0. The Morgan fingerprint density at radius 2 is 2.25 bits per heavy atom. The molecule has 0 saturated carbocycles. The number of nitrogens with one attached hydrogen (secondary N) is 1. The number of hydrogen-bond donors (Lipinski definition) is 2. The summed E-state index contributed by atoms with van der Waals surface area (Å²) >= 11 is 3.49. The van der Waals surface area contributed by atoms with Gasteiger partial charge in [0.2, 0.25) is 0 Å². The number of benzene rings is 1. The van der Waals surface area contributed by atoms with Crippen molar-refractivity contribution < 1.29 is 14.6 Å². The lowest BCUT2D eigenvalue weighted by Gasteiger charge is -2.17. The summed E-state index contributed by atoms with van der Waals surface area (Å²) in [7, 11) is 0. The van der Waals surface area contributed by atoms with Crippen LogP contribution in [-0.2, 0) is 17.8 Å². The molecular formula is C15H20BrNO3. The zero-order valence-electron chi connectivity index (χ0n) is 11.8. The second-order valence-electron chi connectivity index (χ2n) is 5.55. The Bertz CT molecular complexity index is 502. The first-order valence-corrected chi connectivity index (χ1v) is 7.67. The van der Waals surface area contributed by atoms with Crippen LogP contribution in [0.1, 0.15) is 31.4 Å². The predicted molar refractivity (Wildman–Crippen MR) is 81.1 cm³/mol. The number of fused-ring (bicyclic) bond motifs is 1. The fourth-order valence-electron chi connectivity index (χ4n) is 2.45. The van der Waals surface area contributed by atoms with Crippen molar-refractivity contribution in [2.45, 2.75) is 39.3 Å². The Hall–Kier alpha value is -1.07. The summed E-state index contributed by atoms with van der Waals surface area (Å²) in [5.74, 6) is 0.453. The van der Waals surface area contributed by atoms with Crippen molar-refractivity contribution in [2.24, 2.45) is 5.92 Å². The van der Waals surface area contributed by atoms with Crippen LogP contribution < -0.4 is 10.1 Å². The Labute approximate surface area is 127 Å². The van der Waals surface area contributed by atoms with Crippen LogP contribution in [0.5, 0.6) is 5.75 Å². The summed E-state index contributed by atoms with van der Waals surface area (Å²) in [5, 5.41) is 12.4. The maximum Gasteiger partial charge on any atom is 0.320 e. The number of aliphatic carboxylic acids is 1. The number of carboxylic acid groups (broad SMARTS) is 1. The van der Waals surface area contributed by atoms with Crippen LogP contribution in [-0.4, -0.2) is 23.7 Å². The third kappa shape index (κ3) is 3.73. The van der Waals surface area contributed by atoms with E-state index in [4.69, 9.17) is 4.74 Å². The number of halogens is 1. The molecule has 2 rings (SSSR count). The van der Waals surface area contributed by atoms with Crippen LogP contribution in [0.25, 0.3) is 0 Å². The Morgan fingerprint density at radius 1 is 1.50 bits per heavy atom. The molecule has 0 amide bonds. The van der Waals surface area contributed by atoms with E-state index < -0.39 is 12.0 Å². The summed E-state index contributed by atoms with van der Waals surface area (Å²) < 4.78 is 6.66. The van der Waals surface area contributed by atoms with Crippen LogP contribution >= 0.6 is 15.9 Å². The Morgan fingerprint density at radius 3 is 2.90 bits per heavy atom. The molecule has 0 spiro atoms. The van der Waals surface area contributed by atoms with Gasteiger partial charge in [0.15, 0.2) is 0 Å². The molecule has 1 heterocycles. The molecule has 0 radical (unpaired) electrons. The lowest BCUT2D eigenvalue weighted by Crippen LogP contribution is -2.37. The highest BCUT2D eigenvalue weighted by atomic mass is 79.9. The average Bonchev–Trinajstić information content (AvgIpc) is 2.81. The van der Waals surface area contributed by atoms with Gasteiger partial charge in [-0.25, -0.2) is 0 Å². The Balaban J connectivity index is 2.08. The van der Waals surface area contributed by atoms with Crippen LogP contribution in [0, 0.1) is 5.92 Å². The monoisotopic (exact) mass is 341 g/mol. The average molecular weight is 342 g/mol. The standard InChI is InChI=1S/C15H20BrNO3/c1-9(2)5-13(15(18)19)17-8-11-7-12(16)6-10-3-4-20-14(10)11/h6-7,9,13,17H,3-5,8H2,1-2H3,(H,18,19)/t13-/m1/s1. The summed E-state index contributed by atoms with van der Waals surface area (Å²) in [5.41, 5.74) is 2.20. The first-order chi connectivity index (χ1) is 9.47. The van der Waals surface area contributed by atoms with Crippen LogP contribution in [0.15, 0.2) is 16.6 Å². The van der Waals surface area contributed by atoms with E-state index in [1.165, 1.54) is 5.56 Å². The molecule has 0 fully saturated rings. The van der Waals surface area contributed by atoms with Gasteiger partial charge < -0.3 is 15.2 Å². The van der Waals surface area contributed by atoms with E-state index >= 15 is 0 Å². The third-order valence-electron chi connectivity index (χ3n) is 3.37. The van der Waals surface area contributed by atoms with Gasteiger partial charge in [-0.05, 0) is 30.0 Å². The van der Waals surface area contributed by atoms with Gasteiger partial charge in [0, 0.05) is 23.0 Å². The van der Waals surface area contributed by atoms with E-state index in [2.05, 4.69) is 27.3 Å². The minimum atomic E-state index is -0.800. The molecule has 4 nitrogen and oxygen atoms in total. The van der Waals surface area contributed by atoms with Crippen molar-refractivity contribution >= 4 is 21.9 Å². The zero-order valence-corrected chi connectivity index (χ0v) is 13.4. The van der Waals surface area contributed by atoms with E-state index in [0.717, 1.165) is 22.2 Å². The third-order valence-corrected chi connectivity index (χ3v) is 3.83. The Kier molecular flexibility index (Phi) is 5.05. The van der Waals surface area contributed by atoms with Crippen molar-refractivity contribution in [2.75, 3.05) is 6.61 Å². The van der Waals surface area contributed by atoms with Gasteiger partial charge in [-0.1, -0.05) is 29.8 Å². The van der Waals surface area contributed by atoms with Crippen LogP contribution in [0.2, 0.25) is 0 Å². The topological polar surface area (TPSA) is 58.6 Å². The highest BCUT2D eigenvalue weighted by Gasteiger charge is 2.21. The number of hydrogen-bond acceptors (Lipinski definition) is 3. The molecule has 110 valence electrons.